The minimum Gasteiger partial charge on any atom is -0.497 e. The number of methoxy groups -OCH3 is 1. The van der Waals surface area contributed by atoms with Crippen LogP contribution in [0.4, 0.5) is 0 Å². The number of amides is 1. The van der Waals surface area contributed by atoms with E-state index in [-0.39, 0.29) is 6.61 Å². The van der Waals surface area contributed by atoms with Gasteiger partial charge in [0.2, 0.25) is 0 Å². The molecule has 1 amide bonds. The van der Waals surface area contributed by atoms with Crippen LogP contribution in [0.1, 0.15) is 5.69 Å². The molecule has 0 spiro atoms. The SMILES string of the molecule is COc1ccc(-n2cccc2/C=N/NC(=O)COc2ccc(Cl)cc2Cl)cc1. The van der Waals surface area contributed by atoms with Crippen LogP contribution in [-0.2, 0) is 4.79 Å². The number of carbonyl (C=O) groups excluding carboxylic acids is 1. The maximum atomic E-state index is 11.9. The fourth-order valence-electron chi connectivity index (χ4n) is 2.42. The van der Waals surface area contributed by atoms with E-state index in [4.69, 9.17) is 32.7 Å². The molecule has 1 aromatic heterocycles. The van der Waals surface area contributed by atoms with Crippen molar-refractivity contribution in [3.05, 3.63) is 76.5 Å². The molecule has 0 saturated heterocycles. The topological polar surface area (TPSA) is 64.8 Å². The summed E-state index contributed by atoms with van der Waals surface area (Å²) in [6.45, 7) is -0.224. The maximum Gasteiger partial charge on any atom is 0.277 e. The Morgan fingerprint density at radius 2 is 1.96 bits per heavy atom. The Labute approximate surface area is 172 Å². The first-order valence-corrected chi connectivity index (χ1v) is 9.04. The predicted molar refractivity (Wildman–Crippen MR) is 110 cm³/mol. The van der Waals surface area contributed by atoms with Crippen LogP contribution in [0.25, 0.3) is 5.69 Å². The minimum atomic E-state index is -0.412. The van der Waals surface area contributed by atoms with Crippen molar-refractivity contribution in [2.45, 2.75) is 0 Å². The van der Waals surface area contributed by atoms with E-state index < -0.39 is 5.91 Å². The van der Waals surface area contributed by atoms with Gasteiger partial charge in [0.05, 0.1) is 24.0 Å². The number of nitrogens with one attached hydrogen (secondary N) is 1. The molecule has 6 nitrogen and oxygen atoms in total. The lowest BCUT2D eigenvalue weighted by Crippen LogP contribution is -2.24. The molecule has 144 valence electrons. The van der Waals surface area contributed by atoms with E-state index in [1.807, 2.05) is 47.2 Å². The van der Waals surface area contributed by atoms with Crippen molar-refractivity contribution < 1.29 is 14.3 Å². The number of benzene rings is 2. The van der Waals surface area contributed by atoms with Crippen molar-refractivity contribution in [1.82, 2.24) is 9.99 Å². The number of hydrogen-bond donors (Lipinski definition) is 1. The van der Waals surface area contributed by atoms with E-state index >= 15 is 0 Å². The second-order valence-electron chi connectivity index (χ2n) is 5.66. The van der Waals surface area contributed by atoms with E-state index in [2.05, 4.69) is 10.5 Å². The Morgan fingerprint density at radius 3 is 2.68 bits per heavy atom. The summed E-state index contributed by atoms with van der Waals surface area (Å²) in [7, 11) is 1.62. The van der Waals surface area contributed by atoms with Gasteiger partial charge in [0.1, 0.15) is 11.5 Å². The first kappa shape index (κ1) is 19.8. The summed E-state index contributed by atoms with van der Waals surface area (Å²) in [6.07, 6.45) is 3.45. The zero-order chi connectivity index (χ0) is 19.9. The van der Waals surface area contributed by atoms with Crippen LogP contribution < -0.4 is 14.9 Å². The minimum absolute atomic E-state index is 0.224. The first-order valence-electron chi connectivity index (χ1n) is 8.28. The molecule has 2 aromatic carbocycles. The third kappa shape index (κ3) is 5.06. The number of aromatic nitrogens is 1. The van der Waals surface area contributed by atoms with Gasteiger partial charge in [-0.2, -0.15) is 5.10 Å². The molecule has 0 atom stereocenters. The summed E-state index contributed by atoms with van der Waals surface area (Å²) in [5, 5.41) is 4.80. The van der Waals surface area contributed by atoms with Crippen molar-refractivity contribution in [2.24, 2.45) is 5.10 Å². The fraction of sp³-hybridized carbons (Fsp3) is 0.100. The zero-order valence-electron chi connectivity index (χ0n) is 14.9. The molecule has 0 radical (unpaired) electrons. The van der Waals surface area contributed by atoms with E-state index in [0.717, 1.165) is 17.1 Å². The lowest BCUT2D eigenvalue weighted by atomic mass is 10.3. The lowest BCUT2D eigenvalue weighted by molar-refractivity contribution is -0.123. The molecule has 3 rings (SSSR count). The third-order valence-corrected chi connectivity index (χ3v) is 4.30. The molecule has 0 aliphatic rings. The standard InChI is InChI=1S/C20H17Cl2N3O3/c1-27-17-7-5-15(6-8-17)25-10-2-3-16(25)12-23-24-20(26)13-28-19-9-4-14(21)11-18(19)22/h2-12H,13H2,1H3,(H,24,26)/b23-12+. The molecular weight excluding hydrogens is 401 g/mol. The van der Waals surface area contributed by atoms with Gasteiger partial charge in [-0.1, -0.05) is 23.2 Å². The van der Waals surface area contributed by atoms with Gasteiger partial charge in [0.15, 0.2) is 6.61 Å². The molecule has 0 unspecified atom stereocenters. The second-order valence-corrected chi connectivity index (χ2v) is 6.50. The molecule has 28 heavy (non-hydrogen) atoms. The largest absolute Gasteiger partial charge is 0.497 e. The molecule has 1 heterocycles. The van der Waals surface area contributed by atoms with Gasteiger partial charge < -0.3 is 14.0 Å². The van der Waals surface area contributed by atoms with Crippen LogP contribution in [-0.4, -0.2) is 30.4 Å². The Balaban J connectivity index is 1.57. The summed E-state index contributed by atoms with van der Waals surface area (Å²) in [6, 6.07) is 16.1. The highest BCUT2D eigenvalue weighted by Crippen LogP contribution is 2.27. The van der Waals surface area contributed by atoms with E-state index in [9.17, 15) is 4.79 Å². The maximum absolute atomic E-state index is 11.9. The normalized spacial score (nSPS) is 10.8. The van der Waals surface area contributed by atoms with E-state index in [1.54, 1.807) is 31.5 Å². The highest BCUT2D eigenvalue weighted by Gasteiger charge is 2.06. The van der Waals surface area contributed by atoms with Crippen LogP contribution >= 0.6 is 23.2 Å². The molecule has 0 fully saturated rings. The quantitative estimate of drug-likeness (QED) is 0.459. The van der Waals surface area contributed by atoms with Crippen molar-refractivity contribution in [3.8, 4) is 17.2 Å². The summed E-state index contributed by atoms with van der Waals surface area (Å²) >= 11 is 11.8. The highest BCUT2D eigenvalue weighted by molar-refractivity contribution is 6.35. The molecule has 8 heteroatoms. The van der Waals surface area contributed by atoms with Crippen molar-refractivity contribution in [1.29, 1.82) is 0 Å². The summed E-state index contributed by atoms with van der Waals surface area (Å²) in [5.74, 6) is 0.738. The Morgan fingerprint density at radius 1 is 1.18 bits per heavy atom. The Hall–Kier alpha value is -2.96. The van der Waals surface area contributed by atoms with Gasteiger partial charge >= 0.3 is 0 Å². The zero-order valence-corrected chi connectivity index (χ0v) is 16.4. The molecule has 3 aromatic rings. The Bertz CT molecular complexity index is 985. The van der Waals surface area contributed by atoms with Gasteiger partial charge in [-0.25, -0.2) is 5.43 Å². The number of carbonyl (C=O) groups is 1. The van der Waals surface area contributed by atoms with Crippen molar-refractivity contribution in [2.75, 3.05) is 13.7 Å². The molecular formula is C20H17Cl2N3O3. The van der Waals surface area contributed by atoms with E-state index in [0.29, 0.717) is 15.8 Å². The second kappa shape index (κ2) is 9.30. The highest BCUT2D eigenvalue weighted by atomic mass is 35.5. The number of hydrogen-bond acceptors (Lipinski definition) is 4. The van der Waals surface area contributed by atoms with Crippen LogP contribution in [0.2, 0.25) is 10.0 Å². The average molecular weight is 418 g/mol. The predicted octanol–water partition coefficient (Wildman–Crippen LogP) is 4.32. The van der Waals surface area contributed by atoms with Crippen LogP contribution in [0.5, 0.6) is 11.5 Å². The third-order valence-electron chi connectivity index (χ3n) is 3.77. The van der Waals surface area contributed by atoms with Gasteiger partial charge in [0, 0.05) is 16.9 Å². The lowest BCUT2D eigenvalue weighted by Gasteiger charge is -2.08. The fourth-order valence-corrected chi connectivity index (χ4v) is 2.88. The number of ether oxygens (including phenoxy) is 2. The van der Waals surface area contributed by atoms with Gasteiger partial charge in [-0.15, -0.1) is 0 Å². The number of rotatable bonds is 7. The number of nitrogens with zero attached hydrogens (tertiary/aromatic N) is 2. The smallest absolute Gasteiger partial charge is 0.277 e. The van der Waals surface area contributed by atoms with Crippen LogP contribution in [0, 0.1) is 0 Å². The summed E-state index contributed by atoms with van der Waals surface area (Å²) in [5.41, 5.74) is 4.16. The van der Waals surface area contributed by atoms with Gasteiger partial charge in [-0.3, -0.25) is 4.79 Å². The van der Waals surface area contributed by atoms with Crippen LogP contribution in [0.3, 0.4) is 0 Å². The molecule has 0 bridgehead atoms. The average Bonchev–Trinajstić information content (AvgIpc) is 3.16. The van der Waals surface area contributed by atoms with Crippen molar-refractivity contribution >= 4 is 35.3 Å². The van der Waals surface area contributed by atoms with Crippen LogP contribution in [0.15, 0.2) is 65.9 Å². The molecule has 0 aliphatic heterocycles. The molecule has 1 N–H and O–H groups in total. The first-order chi connectivity index (χ1) is 13.6. The van der Waals surface area contributed by atoms with E-state index in [1.165, 1.54) is 0 Å². The Kier molecular flexibility index (Phi) is 6.57. The molecule has 0 aliphatic carbocycles. The van der Waals surface area contributed by atoms with Gasteiger partial charge in [-0.05, 0) is 54.6 Å². The number of halogens is 2. The molecule has 0 saturated carbocycles. The number of hydrazone groups is 1. The summed E-state index contributed by atoms with van der Waals surface area (Å²) in [4.78, 5) is 11.9. The van der Waals surface area contributed by atoms with Crippen molar-refractivity contribution in [3.63, 3.8) is 0 Å². The van der Waals surface area contributed by atoms with Gasteiger partial charge in [0.25, 0.3) is 5.91 Å². The summed E-state index contributed by atoms with van der Waals surface area (Å²) < 4.78 is 12.5. The monoisotopic (exact) mass is 417 g/mol.